The first-order valence-corrected chi connectivity index (χ1v) is 16.1. The average Bonchev–Trinajstić information content (AvgIpc) is 3.46. The van der Waals surface area contributed by atoms with Gasteiger partial charge in [0.15, 0.2) is 11.5 Å². The first-order chi connectivity index (χ1) is 20.7. The number of methoxy groups -OCH3 is 2. The molecule has 44 heavy (non-hydrogen) atoms. The number of ether oxygens (including phenoxy) is 5. The first kappa shape index (κ1) is 37.6. The monoisotopic (exact) mass is 622 g/mol. The minimum atomic E-state index is -0.964. The number of benzene rings is 1. The van der Waals surface area contributed by atoms with E-state index in [0.29, 0.717) is 44.1 Å². The van der Waals surface area contributed by atoms with Crippen molar-refractivity contribution in [2.24, 2.45) is 23.7 Å². The Morgan fingerprint density at radius 3 is 2.34 bits per heavy atom. The van der Waals surface area contributed by atoms with Gasteiger partial charge in [-0.3, -0.25) is 4.79 Å². The van der Waals surface area contributed by atoms with Crippen LogP contribution in [0.2, 0.25) is 0 Å². The second-order valence-electron chi connectivity index (χ2n) is 13.6. The van der Waals surface area contributed by atoms with Crippen molar-refractivity contribution in [3.63, 3.8) is 0 Å². The summed E-state index contributed by atoms with van der Waals surface area (Å²) in [5.74, 6) is 1.07. The summed E-state index contributed by atoms with van der Waals surface area (Å²) in [6, 6.07) is 5.25. The summed E-state index contributed by atoms with van der Waals surface area (Å²) in [4.78, 5) is 26.2. The Morgan fingerprint density at radius 1 is 1.05 bits per heavy atom. The van der Waals surface area contributed by atoms with Gasteiger partial charge in [0.25, 0.3) is 0 Å². The van der Waals surface area contributed by atoms with Crippen LogP contribution in [-0.4, -0.2) is 81.5 Å². The summed E-state index contributed by atoms with van der Waals surface area (Å²) >= 11 is 0. The lowest BCUT2D eigenvalue weighted by atomic mass is 9.80. The lowest BCUT2D eigenvalue weighted by molar-refractivity contribution is -0.128. The van der Waals surface area contributed by atoms with Crippen LogP contribution in [0.25, 0.3) is 0 Å². The molecule has 1 heterocycles. The molecule has 1 aromatic rings. The van der Waals surface area contributed by atoms with Crippen molar-refractivity contribution in [3.05, 3.63) is 23.8 Å². The van der Waals surface area contributed by atoms with Crippen LogP contribution in [0.3, 0.4) is 0 Å². The molecule has 3 N–H and O–H groups in total. The number of amides is 2. The van der Waals surface area contributed by atoms with Crippen molar-refractivity contribution < 1.29 is 38.4 Å². The fraction of sp³-hybridized carbons (Fsp3) is 0.765. The highest BCUT2D eigenvalue weighted by atomic mass is 16.6. The van der Waals surface area contributed by atoms with Gasteiger partial charge in [-0.05, 0) is 88.3 Å². The van der Waals surface area contributed by atoms with Gasteiger partial charge in [0.05, 0.1) is 32.0 Å². The Bertz CT molecular complexity index is 1000. The van der Waals surface area contributed by atoms with Crippen LogP contribution < -0.4 is 20.1 Å². The zero-order valence-electron chi connectivity index (χ0n) is 28.4. The molecule has 2 amide bonds. The molecule has 10 nitrogen and oxygen atoms in total. The van der Waals surface area contributed by atoms with E-state index < -0.39 is 29.8 Å². The van der Waals surface area contributed by atoms with Gasteiger partial charge in [-0.25, -0.2) is 4.79 Å². The third-order valence-electron chi connectivity index (χ3n) is 8.10. The lowest BCUT2D eigenvalue weighted by Gasteiger charge is -2.33. The van der Waals surface area contributed by atoms with Crippen molar-refractivity contribution in [1.29, 1.82) is 0 Å². The van der Waals surface area contributed by atoms with E-state index in [-0.39, 0.29) is 36.2 Å². The minimum absolute atomic E-state index is 0.00644. The molecule has 252 valence electrons. The molecule has 1 aliphatic heterocycles. The highest BCUT2D eigenvalue weighted by Crippen LogP contribution is 2.32. The van der Waals surface area contributed by atoms with Crippen LogP contribution in [0.15, 0.2) is 18.2 Å². The Labute approximate surface area is 264 Å². The lowest BCUT2D eigenvalue weighted by Crippen LogP contribution is -2.49. The summed E-state index contributed by atoms with van der Waals surface area (Å²) in [6.45, 7) is 15.7. The van der Waals surface area contributed by atoms with E-state index in [9.17, 15) is 14.7 Å². The van der Waals surface area contributed by atoms with E-state index in [2.05, 4.69) is 24.5 Å². The molecular formula is C34H58N2O8. The van der Waals surface area contributed by atoms with Crippen LogP contribution in [-0.2, 0) is 25.4 Å². The number of aliphatic hydroxyl groups is 1. The zero-order valence-corrected chi connectivity index (χ0v) is 28.4. The van der Waals surface area contributed by atoms with E-state index in [1.165, 1.54) is 0 Å². The Balaban J connectivity index is 2.24. The Morgan fingerprint density at radius 2 is 1.77 bits per heavy atom. The molecule has 0 bridgehead atoms. The van der Waals surface area contributed by atoms with Gasteiger partial charge in [-0.15, -0.1) is 0 Å². The van der Waals surface area contributed by atoms with E-state index >= 15 is 0 Å². The molecule has 0 aromatic heterocycles. The number of aliphatic hydroxyl groups excluding tert-OH is 1. The molecule has 0 radical (unpaired) electrons. The maximum atomic E-state index is 13.2. The summed E-state index contributed by atoms with van der Waals surface area (Å²) < 4.78 is 27.7. The zero-order chi connectivity index (χ0) is 32.9. The highest BCUT2D eigenvalue weighted by Gasteiger charge is 2.33. The smallest absolute Gasteiger partial charge is 0.407 e. The second-order valence-corrected chi connectivity index (χ2v) is 13.6. The molecule has 1 fully saturated rings. The number of hydrogen-bond acceptors (Lipinski definition) is 8. The fourth-order valence-electron chi connectivity index (χ4n) is 5.44. The van der Waals surface area contributed by atoms with Gasteiger partial charge in [0.1, 0.15) is 12.2 Å². The topological polar surface area (TPSA) is 125 Å². The molecule has 0 saturated carbocycles. The predicted molar refractivity (Wildman–Crippen MR) is 171 cm³/mol. The molecule has 1 saturated heterocycles. The molecule has 10 heteroatoms. The number of carbonyl (C=O) groups is 2. The van der Waals surface area contributed by atoms with E-state index in [0.717, 1.165) is 25.0 Å². The van der Waals surface area contributed by atoms with Crippen LogP contribution in [0.1, 0.15) is 79.7 Å². The van der Waals surface area contributed by atoms with E-state index in [1.54, 1.807) is 35.0 Å². The molecule has 0 unspecified atom stereocenters. The molecule has 5 atom stereocenters. The van der Waals surface area contributed by atoms with Crippen molar-refractivity contribution in [3.8, 4) is 11.5 Å². The van der Waals surface area contributed by atoms with Gasteiger partial charge in [-0.1, -0.05) is 33.8 Å². The van der Waals surface area contributed by atoms with Crippen molar-refractivity contribution in [2.75, 3.05) is 40.6 Å². The summed E-state index contributed by atoms with van der Waals surface area (Å²) in [7, 11) is 3.23. The van der Waals surface area contributed by atoms with Crippen molar-refractivity contribution in [1.82, 2.24) is 10.6 Å². The van der Waals surface area contributed by atoms with Crippen molar-refractivity contribution >= 4 is 12.0 Å². The number of carbonyl (C=O) groups excluding carboxylic acids is 2. The first-order valence-electron chi connectivity index (χ1n) is 16.1. The molecule has 1 aliphatic rings. The minimum Gasteiger partial charge on any atom is -0.493 e. The maximum Gasteiger partial charge on any atom is 0.407 e. The Hall–Kier alpha value is -2.56. The fourth-order valence-corrected chi connectivity index (χ4v) is 5.44. The van der Waals surface area contributed by atoms with Crippen LogP contribution in [0, 0.1) is 23.7 Å². The summed E-state index contributed by atoms with van der Waals surface area (Å²) in [5.41, 5.74) is 0.359. The normalized spacial score (nSPS) is 18.0. The number of rotatable bonds is 18. The van der Waals surface area contributed by atoms with Gasteiger partial charge in [0.2, 0.25) is 5.91 Å². The highest BCUT2D eigenvalue weighted by molar-refractivity contribution is 5.79. The quantitative estimate of drug-likeness (QED) is 0.192. The standard InChI is InChI=1S/C34H58N2O8/c1-22(2)25(17-24-12-13-30(41-9)31(18-24)43-16-15-40-8)19-28(36-33(39)44-34(5,6)7)29(37)20-27(23(3)4)32(38)35-21-26-11-10-14-42-26/h12-13,18,22-23,25-29,37H,10-11,14-17,19-21H2,1-9H3,(H,35,38)(H,36,39)/t25-,26+,27-,28-,29-/m0/s1. The molecule has 0 aliphatic carbocycles. The van der Waals surface area contributed by atoms with Crippen LogP contribution in [0.4, 0.5) is 4.79 Å². The third kappa shape index (κ3) is 13.2. The SMILES string of the molecule is COCCOc1cc(C[C@@H](C[C@H](NC(=O)OC(C)(C)C)[C@@H](O)C[C@H](C(=O)NC[C@H]2CCCO2)C(C)C)C(C)C)ccc1OC. The molecule has 1 aromatic carbocycles. The van der Waals surface area contributed by atoms with Crippen molar-refractivity contribution in [2.45, 2.75) is 104 Å². The molecule has 2 rings (SSSR count). The van der Waals surface area contributed by atoms with Crippen LogP contribution >= 0.6 is 0 Å². The largest absolute Gasteiger partial charge is 0.493 e. The average molecular weight is 623 g/mol. The van der Waals surface area contributed by atoms with E-state index in [4.69, 9.17) is 23.7 Å². The number of nitrogens with one attached hydrogen (secondary N) is 2. The maximum absolute atomic E-state index is 13.2. The van der Waals surface area contributed by atoms with Gasteiger partial charge < -0.3 is 39.4 Å². The molecular weight excluding hydrogens is 564 g/mol. The predicted octanol–water partition coefficient (Wildman–Crippen LogP) is 5.14. The number of hydrogen-bond donors (Lipinski definition) is 3. The second kappa shape index (κ2) is 18.4. The van der Waals surface area contributed by atoms with Gasteiger partial charge in [0, 0.05) is 26.2 Å². The Kier molecular flexibility index (Phi) is 15.8. The van der Waals surface area contributed by atoms with Gasteiger partial charge >= 0.3 is 6.09 Å². The van der Waals surface area contributed by atoms with Crippen LogP contribution in [0.5, 0.6) is 11.5 Å². The van der Waals surface area contributed by atoms with Gasteiger partial charge in [-0.2, -0.15) is 0 Å². The number of alkyl carbamates (subject to hydrolysis) is 1. The summed E-state index contributed by atoms with van der Waals surface area (Å²) in [6.07, 6.45) is 1.81. The third-order valence-corrected chi connectivity index (χ3v) is 8.10. The van der Waals surface area contributed by atoms with E-state index in [1.807, 2.05) is 32.0 Å². The molecule has 0 spiro atoms. The summed E-state index contributed by atoms with van der Waals surface area (Å²) in [5, 5.41) is 17.6.